The zero-order chi connectivity index (χ0) is 24.3. The molecule has 1 saturated heterocycles. The number of methoxy groups -OCH3 is 3. The van der Waals surface area contributed by atoms with E-state index in [1.807, 2.05) is 43.3 Å². The van der Waals surface area contributed by atoms with E-state index in [4.69, 9.17) is 14.2 Å². The smallest absolute Gasteiger partial charge is 0.238 e. The second-order valence-electron chi connectivity index (χ2n) is 9.49. The van der Waals surface area contributed by atoms with Gasteiger partial charge in [-0.3, -0.25) is 9.69 Å². The topological polar surface area (TPSA) is 80.3 Å². The van der Waals surface area contributed by atoms with Crippen molar-refractivity contribution in [1.29, 1.82) is 0 Å². The van der Waals surface area contributed by atoms with Gasteiger partial charge in [0.25, 0.3) is 0 Å². The third-order valence-electron chi connectivity index (χ3n) is 7.38. The quantitative estimate of drug-likeness (QED) is 0.630. The molecular weight excluding hydrogens is 432 g/mol. The second-order valence-corrected chi connectivity index (χ2v) is 9.49. The molecule has 2 aromatic rings. The van der Waals surface area contributed by atoms with Gasteiger partial charge in [0.15, 0.2) is 11.5 Å². The Kier molecular flexibility index (Phi) is 7.33. The number of amides is 1. The zero-order valence-electron chi connectivity index (χ0n) is 20.6. The standard InChI is InChI=1S/C27H36N2O5/c1-18-8-10-20(11-9-18)28-24(30)17-29-14-13-27(31)12-6-5-7-21(27)25(29)19-15-22(32-2)26(34-4)23(16-19)33-3/h8-11,15-16,21,25,31H,5-7,12-14,17H2,1-4H3,(H,28,30)/t21?,25-,27?/m0/s1. The fourth-order valence-corrected chi connectivity index (χ4v) is 5.66. The van der Waals surface area contributed by atoms with Gasteiger partial charge in [0.1, 0.15) is 0 Å². The largest absolute Gasteiger partial charge is 0.493 e. The Hall–Kier alpha value is -2.77. The summed E-state index contributed by atoms with van der Waals surface area (Å²) in [5.74, 6) is 1.64. The number of benzene rings is 2. The third-order valence-corrected chi connectivity index (χ3v) is 7.38. The number of hydrogen-bond acceptors (Lipinski definition) is 6. The molecule has 0 aromatic heterocycles. The molecule has 2 unspecified atom stereocenters. The number of likely N-dealkylation sites (tertiary alicyclic amines) is 1. The summed E-state index contributed by atoms with van der Waals surface area (Å²) in [5, 5.41) is 14.6. The van der Waals surface area contributed by atoms with Gasteiger partial charge in [0, 0.05) is 24.2 Å². The van der Waals surface area contributed by atoms with E-state index in [0.29, 0.717) is 30.2 Å². The van der Waals surface area contributed by atoms with Gasteiger partial charge in [-0.15, -0.1) is 0 Å². The number of aryl methyl sites for hydroxylation is 1. The predicted octanol–water partition coefficient (Wildman–Crippen LogP) is 4.33. The number of hydrogen-bond donors (Lipinski definition) is 2. The minimum Gasteiger partial charge on any atom is -0.493 e. The summed E-state index contributed by atoms with van der Waals surface area (Å²) in [4.78, 5) is 15.2. The van der Waals surface area contributed by atoms with E-state index >= 15 is 0 Å². The number of anilines is 1. The Balaban J connectivity index is 1.67. The number of rotatable bonds is 7. The molecule has 0 spiro atoms. The molecule has 1 aliphatic carbocycles. The van der Waals surface area contributed by atoms with Crippen molar-refractivity contribution >= 4 is 11.6 Å². The summed E-state index contributed by atoms with van der Waals surface area (Å²) in [6.45, 7) is 2.89. The molecule has 34 heavy (non-hydrogen) atoms. The highest BCUT2D eigenvalue weighted by Crippen LogP contribution is 2.51. The van der Waals surface area contributed by atoms with Gasteiger partial charge in [-0.2, -0.15) is 0 Å². The zero-order valence-corrected chi connectivity index (χ0v) is 20.6. The van der Waals surface area contributed by atoms with Crippen LogP contribution in [0.4, 0.5) is 5.69 Å². The van der Waals surface area contributed by atoms with E-state index in [0.717, 1.165) is 42.5 Å². The molecular formula is C27H36N2O5. The van der Waals surface area contributed by atoms with Gasteiger partial charge in [-0.05, 0) is 56.0 Å². The van der Waals surface area contributed by atoms with Crippen molar-refractivity contribution in [3.05, 3.63) is 47.5 Å². The van der Waals surface area contributed by atoms with Gasteiger partial charge in [-0.1, -0.05) is 30.5 Å². The molecule has 0 radical (unpaired) electrons. The van der Waals surface area contributed by atoms with E-state index in [-0.39, 0.29) is 24.4 Å². The van der Waals surface area contributed by atoms with Gasteiger partial charge >= 0.3 is 0 Å². The molecule has 0 bridgehead atoms. The highest BCUT2D eigenvalue weighted by molar-refractivity contribution is 5.92. The van der Waals surface area contributed by atoms with Crippen molar-refractivity contribution in [1.82, 2.24) is 4.90 Å². The molecule has 3 atom stereocenters. The van der Waals surface area contributed by atoms with E-state index in [1.54, 1.807) is 21.3 Å². The van der Waals surface area contributed by atoms with Crippen molar-refractivity contribution in [2.45, 2.75) is 50.7 Å². The minimum absolute atomic E-state index is 0.0185. The lowest BCUT2D eigenvalue weighted by atomic mass is 9.66. The van der Waals surface area contributed by atoms with Crippen LogP contribution in [0, 0.1) is 12.8 Å². The predicted molar refractivity (Wildman–Crippen MR) is 132 cm³/mol. The molecule has 2 N–H and O–H groups in total. The molecule has 1 heterocycles. The molecule has 2 fully saturated rings. The van der Waals surface area contributed by atoms with E-state index < -0.39 is 5.60 Å². The van der Waals surface area contributed by atoms with Crippen LogP contribution >= 0.6 is 0 Å². The first-order valence-electron chi connectivity index (χ1n) is 12.0. The first-order valence-corrected chi connectivity index (χ1v) is 12.0. The molecule has 2 aromatic carbocycles. The summed E-state index contributed by atoms with van der Waals surface area (Å²) in [6, 6.07) is 11.6. The van der Waals surface area contributed by atoms with E-state index in [1.165, 1.54) is 0 Å². The SMILES string of the molecule is COc1cc([C@H]2C3CCCCC3(O)CCN2CC(=O)Nc2ccc(C)cc2)cc(OC)c1OC. The summed E-state index contributed by atoms with van der Waals surface area (Å²) >= 11 is 0. The Morgan fingerprint density at radius 2 is 1.74 bits per heavy atom. The van der Waals surface area contributed by atoms with Crippen LogP contribution in [0.5, 0.6) is 17.2 Å². The minimum atomic E-state index is -0.729. The second kappa shape index (κ2) is 10.2. The first-order chi connectivity index (χ1) is 16.4. The fourth-order valence-electron chi connectivity index (χ4n) is 5.66. The molecule has 4 rings (SSSR count). The molecule has 2 aliphatic rings. The average molecular weight is 469 g/mol. The normalized spacial score (nSPS) is 24.7. The Labute approximate surface area is 202 Å². The van der Waals surface area contributed by atoms with Crippen LogP contribution < -0.4 is 19.5 Å². The lowest BCUT2D eigenvalue weighted by Gasteiger charge is -2.52. The fraction of sp³-hybridized carbons (Fsp3) is 0.519. The van der Waals surface area contributed by atoms with Crippen molar-refractivity contribution in [3.63, 3.8) is 0 Å². The number of nitrogens with zero attached hydrogens (tertiary/aromatic N) is 1. The summed E-state index contributed by atoms with van der Waals surface area (Å²) in [5.41, 5.74) is 2.16. The highest BCUT2D eigenvalue weighted by atomic mass is 16.5. The van der Waals surface area contributed by atoms with Crippen LogP contribution in [-0.4, -0.2) is 55.9 Å². The molecule has 1 saturated carbocycles. The van der Waals surface area contributed by atoms with Crippen LogP contribution in [0.2, 0.25) is 0 Å². The highest BCUT2D eigenvalue weighted by Gasteiger charge is 2.49. The van der Waals surface area contributed by atoms with Gasteiger partial charge in [-0.25, -0.2) is 0 Å². The van der Waals surface area contributed by atoms with Crippen LogP contribution in [0.25, 0.3) is 0 Å². The average Bonchev–Trinajstić information content (AvgIpc) is 2.84. The van der Waals surface area contributed by atoms with E-state index in [2.05, 4.69) is 10.2 Å². The molecule has 7 heteroatoms. The summed E-state index contributed by atoms with van der Waals surface area (Å²) in [7, 11) is 4.79. The Bertz CT molecular complexity index is 984. The third kappa shape index (κ3) is 4.86. The number of ether oxygens (including phenoxy) is 3. The van der Waals surface area contributed by atoms with Crippen LogP contribution in [0.3, 0.4) is 0 Å². The van der Waals surface area contributed by atoms with Crippen LogP contribution in [-0.2, 0) is 4.79 Å². The van der Waals surface area contributed by atoms with Crippen LogP contribution in [0.15, 0.2) is 36.4 Å². The molecule has 184 valence electrons. The monoisotopic (exact) mass is 468 g/mol. The van der Waals surface area contributed by atoms with Crippen LogP contribution in [0.1, 0.15) is 49.3 Å². The van der Waals surface area contributed by atoms with Gasteiger partial charge in [0.2, 0.25) is 11.7 Å². The molecule has 7 nitrogen and oxygen atoms in total. The Morgan fingerprint density at radius 1 is 1.06 bits per heavy atom. The maximum Gasteiger partial charge on any atom is 0.238 e. The number of nitrogens with one attached hydrogen (secondary N) is 1. The molecule has 1 aliphatic heterocycles. The van der Waals surface area contributed by atoms with Crippen molar-refractivity contribution in [3.8, 4) is 17.2 Å². The number of carbonyl (C=O) groups is 1. The number of fused-ring (bicyclic) bond motifs is 1. The van der Waals surface area contributed by atoms with Crippen molar-refractivity contribution < 1.29 is 24.1 Å². The number of piperidine rings is 1. The Morgan fingerprint density at radius 3 is 2.35 bits per heavy atom. The lowest BCUT2D eigenvalue weighted by molar-refractivity contribution is -0.135. The number of aliphatic hydroxyl groups is 1. The summed E-state index contributed by atoms with van der Waals surface area (Å²) < 4.78 is 16.7. The maximum absolute atomic E-state index is 13.0. The number of carbonyl (C=O) groups excluding carboxylic acids is 1. The van der Waals surface area contributed by atoms with Crippen molar-refractivity contribution in [2.75, 3.05) is 39.7 Å². The van der Waals surface area contributed by atoms with Crippen molar-refractivity contribution in [2.24, 2.45) is 5.92 Å². The van der Waals surface area contributed by atoms with Gasteiger partial charge in [0.05, 0.1) is 33.5 Å². The lowest BCUT2D eigenvalue weighted by Crippen LogP contribution is -2.56. The van der Waals surface area contributed by atoms with Gasteiger partial charge < -0.3 is 24.6 Å². The first kappa shape index (κ1) is 24.4. The maximum atomic E-state index is 13.0. The van der Waals surface area contributed by atoms with E-state index in [9.17, 15) is 9.90 Å². The summed E-state index contributed by atoms with van der Waals surface area (Å²) in [6.07, 6.45) is 4.46. The molecule has 1 amide bonds.